The molecule has 1 aromatic carbocycles. The van der Waals surface area contributed by atoms with Gasteiger partial charge in [0.2, 0.25) is 0 Å². The molecule has 1 aromatic rings. The fourth-order valence-corrected chi connectivity index (χ4v) is 2.06. The first-order chi connectivity index (χ1) is 6.72. The van der Waals surface area contributed by atoms with Gasteiger partial charge in [-0.3, -0.25) is 0 Å². The van der Waals surface area contributed by atoms with Gasteiger partial charge in [-0.2, -0.15) is 0 Å². The predicted octanol–water partition coefficient (Wildman–Crippen LogP) is 4.14. The summed E-state index contributed by atoms with van der Waals surface area (Å²) in [7, 11) is 1.96. The molecule has 0 radical (unpaired) electrons. The third-order valence-corrected chi connectivity index (χ3v) is 3.33. The van der Waals surface area contributed by atoms with Crippen LogP contribution in [-0.4, -0.2) is 7.05 Å². The van der Waals surface area contributed by atoms with E-state index < -0.39 is 0 Å². The van der Waals surface area contributed by atoms with Crippen LogP contribution in [-0.2, 0) is 5.33 Å². The maximum atomic E-state index is 3.53. The number of hydrogen-bond donors (Lipinski definition) is 1. The van der Waals surface area contributed by atoms with Crippen LogP contribution < -0.4 is 5.32 Å². The molecule has 14 heavy (non-hydrogen) atoms. The smallest absolute Gasteiger partial charge is 0.0340 e. The van der Waals surface area contributed by atoms with Gasteiger partial charge in [-0.1, -0.05) is 35.8 Å². The summed E-state index contributed by atoms with van der Waals surface area (Å²) in [5.41, 5.74) is 4.06. The van der Waals surface area contributed by atoms with Gasteiger partial charge in [0.05, 0.1) is 0 Å². The number of benzene rings is 1. The Kier molecular flexibility index (Phi) is 4.46. The standard InChI is InChI=1S/C12H18BrN/c1-4-9(2)12-7-11(14-3)6-5-10(12)8-13/h5-7,9,14H,4,8H2,1-3H3. The van der Waals surface area contributed by atoms with E-state index in [-0.39, 0.29) is 0 Å². The maximum Gasteiger partial charge on any atom is 0.0340 e. The van der Waals surface area contributed by atoms with E-state index in [1.807, 2.05) is 7.05 Å². The molecular weight excluding hydrogens is 238 g/mol. The highest BCUT2D eigenvalue weighted by Gasteiger charge is 2.08. The van der Waals surface area contributed by atoms with Crippen molar-refractivity contribution in [3.63, 3.8) is 0 Å². The minimum absolute atomic E-state index is 0.635. The quantitative estimate of drug-likeness (QED) is 0.798. The second-order valence-electron chi connectivity index (χ2n) is 3.61. The molecule has 2 heteroatoms. The lowest BCUT2D eigenvalue weighted by molar-refractivity contribution is 0.728. The highest BCUT2D eigenvalue weighted by atomic mass is 79.9. The fraction of sp³-hybridized carbons (Fsp3) is 0.500. The van der Waals surface area contributed by atoms with Gasteiger partial charge >= 0.3 is 0 Å². The zero-order chi connectivity index (χ0) is 10.6. The molecule has 0 spiro atoms. The minimum Gasteiger partial charge on any atom is -0.388 e. The Labute approximate surface area is 95.0 Å². The zero-order valence-electron chi connectivity index (χ0n) is 9.10. The summed E-state index contributed by atoms with van der Waals surface area (Å²) in [4.78, 5) is 0. The molecule has 1 atom stereocenters. The van der Waals surface area contributed by atoms with Crippen molar-refractivity contribution in [1.29, 1.82) is 0 Å². The van der Waals surface area contributed by atoms with Gasteiger partial charge < -0.3 is 5.32 Å². The van der Waals surface area contributed by atoms with E-state index in [1.165, 1.54) is 23.2 Å². The Morgan fingerprint density at radius 2 is 2.14 bits per heavy atom. The maximum absolute atomic E-state index is 3.53. The molecule has 1 unspecified atom stereocenters. The Balaban J connectivity index is 3.08. The Morgan fingerprint density at radius 1 is 1.43 bits per heavy atom. The molecule has 0 amide bonds. The van der Waals surface area contributed by atoms with Crippen LogP contribution >= 0.6 is 15.9 Å². The van der Waals surface area contributed by atoms with Gasteiger partial charge in [-0.15, -0.1) is 0 Å². The first kappa shape index (κ1) is 11.6. The highest BCUT2D eigenvalue weighted by Crippen LogP contribution is 2.27. The third-order valence-electron chi connectivity index (χ3n) is 2.72. The fourth-order valence-electron chi connectivity index (χ4n) is 1.55. The van der Waals surface area contributed by atoms with Crippen LogP contribution in [0.2, 0.25) is 0 Å². The van der Waals surface area contributed by atoms with Gasteiger partial charge in [0.1, 0.15) is 0 Å². The van der Waals surface area contributed by atoms with Crippen LogP contribution in [0.15, 0.2) is 18.2 Å². The molecule has 0 aromatic heterocycles. The number of rotatable bonds is 4. The van der Waals surface area contributed by atoms with Gasteiger partial charge in [-0.25, -0.2) is 0 Å². The monoisotopic (exact) mass is 255 g/mol. The largest absolute Gasteiger partial charge is 0.388 e. The minimum atomic E-state index is 0.635. The summed E-state index contributed by atoms with van der Waals surface area (Å²) in [5, 5.41) is 4.12. The van der Waals surface area contributed by atoms with E-state index >= 15 is 0 Å². The number of anilines is 1. The first-order valence-corrected chi connectivity index (χ1v) is 6.21. The molecule has 0 bridgehead atoms. The highest BCUT2D eigenvalue weighted by molar-refractivity contribution is 9.08. The van der Waals surface area contributed by atoms with Crippen molar-refractivity contribution >= 4 is 21.6 Å². The summed E-state index contributed by atoms with van der Waals surface area (Å²) in [6.07, 6.45) is 1.19. The second-order valence-corrected chi connectivity index (χ2v) is 4.17. The van der Waals surface area contributed by atoms with Crippen molar-refractivity contribution in [2.45, 2.75) is 31.5 Å². The summed E-state index contributed by atoms with van der Waals surface area (Å²) in [6, 6.07) is 6.58. The average molecular weight is 256 g/mol. The molecule has 0 aliphatic heterocycles. The van der Waals surface area contributed by atoms with E-state index in [2.05, 4.69) is 53.3 Å². The van der Waals surface area contributed by atoms with Crippen LogP contribution in [0.3, 0.4) is 0 Å². The van der Waals surface area contributed by atoms with Gasteiger partial charge in [0, 0.05) is 18.1 Å². The molecule has 1 N–H and O–H groups in total. The summed E-state index contributed by atoms with van der Waals surface area (Å²) in [6.45, 7) is 4.51. The van der Waals surface area contributed by atoms with Crippen molar-refractivity contribution in [2.24, 2.45) is 0 Å². The number of hydrogen-bond acceptors (Lipinski definition) is 1. The molecule has 0 saturated heterocycles. The van der Waals surface area contributed by atoms with E-state index in [9.17, 15) is 0 Å². The van der Waals surface area contributed by atoms with Crippen molar-refractivity contribution in [1.82, 2.24) is 0 Å². The van der Waals surface area contributed by atoms with Crippen LogP contribution in [0, 0.1) is 0 Å². The predicted molar refractivity (Wildman–Crippen MR) is 67.3 cm³/mol. The topological polar surface area (TPSA) is 12.0 Å². The molecule has 0 saturated carbocycles. The molecule has 0 fully saturated rings. The lowest BCUT2D eigenvalue weighted by atomic mass is 9.94. The summed E-state index contributed by atoms with van der Waals surface area (Å²) in [5.74, 6) is 0.635. The number of alkyl halides is 1. The number of nitrogens with one attached hydrogen (secondary N) is 1. The Hall–Kier alpha value is -0.500. The lowest BCUT2D eigenvalue weighted by Crippen LogP contribution is -1.99. The van der Waals surface area contributed by atoms with Crippen LogP contribution in [0.1, 0.15) is 37.3 Å². The Bertz CT molecular complexity index is 296. The molecule has 0 aliphatic carbocycles. The first-order valence-electron chi connectivity index (χ1n) is 5.09. The average Bonchev–Trinajstić information content (AvgIpc) is 2.27. The van der Waals surface area contributed by atoms with Crippen LogP contribution in [0.4, 0.5) is 5.69 Å². The van der Waals surface area contributed by atoms with Crippen LogP contribution in [0.25, 0.3) is 0 Å². The molecule has 78 valence electrons. The second kappa shape index (κ2) is 5.40. The Morgan fingerprint density at radius 3 is 2.64 bits per heavy atom. The van der Waals surface area contributed by atoms with Gasteiger partial charge in [-0.05, 0) is 35.6 Å². The molecule has 0 heterocycles. The van der Waals surface area contributed by atoms with Crippen molar-refractivity contribution in [3.8, 4) is 0 Å². The van der Waals surface area contributed by atoms with Crippen molar-refractivity contribution in [3.05, 3.63) is 29.3 Å². The van der Waals surface area contributed by atoms with Gasteiger partial charge in [0.25, 0.3) is 0 Å². The lowest BCUT2D eigenvalue weighted by Gasteiger charge is -2.15. The third kappa shape index (κ3) is 2.50. The molecule has 1 rings (SSSR count). The van der Waals surface area contributed by atoms with E-state index in [0.717, 1.165) is 5.33 Å². The normalized spacial score (nSPS) is 12.6. The van der Waals surface area contributed by atoms with E-state index in [1.54, 1.807) is 0 Å². The SMILES string of the molecule is CCC(C)c1cc(NC)ccc1CBr. The molecular formula is C12H18BrN. The van der Waals surface area contributed by atoms with E-state index in [0.29, 0.717) is 5.92 Å². The van der Waals surface area contributed by atoms with Gasteiger partial charge in [0.15, 0.2) is 0 Å². The molecule has 0 aliphatic rings. The number of halogens is 1. The summed E-state index contributed by atoms with van der Waals surface area (Å²) < 4.78 is 0. The van der Waals surface area contributed by atoms with E-state index in [4.69, 9.17) is 0 Å². The zero-order valence-corrected chi connectivity index (χ0v) is 10.7. The van der Waals surface area contributed by atoms with Crippen LogP contribution in [0.5, 0.6) is 0 Å². The van der Waals surface area contributed by atoms with Crippen molar-refractivity contribution in [2.75, 3.05) is 12.4 Å². The summed E-state index contributed by atoms with van der Waals surface area (Å²) >= 11 is 3.53. The molecule has 1 nitrogen and oxygen atoms in total. The van der Waals surface area contributed by atoms with Crippen molar-refractivity contribution < 1.29 is 0 Å².